The van der Waals surface area contributed by atoms with E-state index in [2.05, 4.69) is 25.7 Å². The van der Waals surface area contributed by atoms with Crippen LogP contribution in [0.1, 0.15) is 55.8 Å². The van der Waals surface area contributed by atoms with Gasteiger partial charge >= 0.3 is 5.97 Å². The van der Waals surface area contributed by atoms with Crippen LogP contribution in [0.5, 0.6) is 0 Å². The summed E-state index contributed by atoms with van der Waals surface area (Å²) in [5.41, 5.74) is 3.46. The van der Waals surface area contributed by atoms with Gasteiger partial charge in [0.05, 0.1) is 17.2 Å². The molecule has 0 bridgehead atoms. The summed E-state index contributed by atoms with van der Waals surface area (Å²) in [6.45, 7) is 12.8. The van der Waals surface area contributed by atoms with Crippen molar-refractivity contribution >= 4 is 44.2 Å². The lowest BCUT2D eigenvalue weighted by atomic mass is 9.91. The molecule has 1 fully saturated rings. The third kappa shape index (κ3) is 7.39. The minimum Gasteiger partial charge on any atom is -0.460 e. The van der Waals surface area contributed by atoms with E-state index >= 15 is 0 Å². The largest absolute Gasteiger partial charge is 0.460 e. The Kier molecular flexibility index (Phi) is 9.76. The van der Waals surface area contributed by atoms with Crippen LogP contribution in [0.15, 0.2) is 82.1 Å². The number of furan rings is 1. The van der Waals surface area contributed by atoms with Gasteiger partial charge in [-0.2, -0.15) is 0 Å². The molecular formula is C36H43N3O6S. The number of ether oxygens (including phenoxy) is 1. The number of amides is 1. The summed E-state index contributed by atoms with van der Waals surface area (Å²) in [6, 6.07) is 22.0. The maximum atomic E-state index is 14.3. The van der Waals surface area contributed by atoms with Crippen LogP contribution in [-0.2, 0) is 26.0 Å². The predicted molar refractivity (Wildman–Crippen MR) is 181 cm³/mol. The van der Waals surface area contributed by atoms with Gasteiger partial charge in [-0.25, -0.2) is 13.2 Å². The molecule has 1 saturated heterocycles. The highest BCUT2D eigenvalue weighted by molar-refractivity contribution is 7.92. The number of aryl methyl sites for hydroxylation is 1. The van der Waals surface area contributed by atoms with Gasteiger partial charge in [-0.15, -0.1) is 0 Å². The Bertz CT molecular complexity index is 1790. The summed E-state index contributed by atoms with van der Waals surface area (Å²) in [5.74, 6) is -0.326. The molecule has 46 heavy (non-hydrogen) atoms. The molecule has 0 radical (unpaired) electrons. The van der Waals surface area contributed by atoms with Crippen molar-refractivity contribution in [3.8, 4) is 0 Å². The highest BCUT2D eigenvalue weighted by Gasteiger charge is 2.28. The average molecular weight is 646 g/mol. The lowest BCUT2D eigenvalue weighted by Crippen LogP contribution is -2.49. The van der Waals surface area contributed by atoms with Gasteiger partial charge < -0.3 is 19.0 Å². The Labute approximate surface area is 271 Å². The number of nitrogens with zero attached hydrogens (tertiary/aromatic N) is 3. The molecule has 0 unspecified atom stereocenters. The van der Waals surface area contributed by atoms with E-state index in [1.807, 2.05) is 59.5 Å². The summed E-state index contributed by atoms with van der Waals surface area (Å²) in [7, 11) is -4.01. The van der Waals surface area contributed by atoms with E-state index in [0.717, 1.165) is 11.3 Å². The first-order valence-electron chi connectivity index (χ1n) is 15.8. The van der Waals surface area contributed by atoms with Crippen molar-refractivity contribution in [2.24, 2.45) is 5.41 Å². The van der Waals surface area contributed by atoms with Gasteiger partial charge in [-0.1, -0.05) is 51.1 Å². The number of anilines is 2. The van der Waals surface area contributed by atoms with Crippen LogP contribution < -0.4 is 9.21 Å². The second kappa shape index (κ2) is 13.6. The van der Waals surface area contributed by atoms with Crippen molar-refractivity contribution in [2.75, 3.05) is 48.5 Å². The van der Waals surface area contributed by atoms with E-state index in [4.69, 9.17) is 9.15 Å². The Hall–Kier alpha value is -4.31. The van der Waals surface area contributed by atoms with Crippen molar-refractivity contribution in [1.82, 2.24) is 4.90 Å². The summed E-state index contributed by atoms with van der Waals surface area (Å²) in [4.78, 5) is 29.4. The molecule has 10 heteroatoms. The number of hydrogen-bond acceptors (Lipinski definition) is 7. The van der Waals surface area contributed by atoms with E-state index in [0.29, 0.717) is 61.2 Å². The maximum Gasteiger partial charge on any atom is 0.374 e. The first-order valence-corrected chi connectivity index (χ1v) is 17.2. The Morgan fingerprint density at radius 1 is 0.935 bits per heavy atom. The summed E-state index contributed by atoms with van der Waals surface area (Å²) in [6.07, 6.45) is 1.04. The molecule has 0 aliphatic carbocycles. The van der Waals surface area contributed by atoms with Gasteiger partial charge in [0.15, 0.2) is 0 Å². The molecule has 0 spiro atoms. The fourth-order valence-corrected chi connectivity index (χ4v) is 7.24. The van der Waals surface area contributed by atoms with Gasteiger partial charge in [0, 0.05) is 55.8 Å². The van der Waals surface area contributed by atoms with Gasteiger partial charge in [0.2, 0.25) is 11.7 Å². The smallest absolute Gasteiger partial charge is 0.374 e. The highest BCUT2D eigenvalue weighted by Crippen LogP contribution is 2.32. The molecule has 1 aromatic heterocycles. The van der Waals surface area contributed by atoms with Crippen molar-refractivity contribution in [1.29, 1.82) is 0 Å². The zero-order chi connectivity index (χ0) is 33.1. The summed E-state index contributed by atoms with van der Waals surface area (Å²) < 4.78 is 40.9. The van der Waals surface area contributed by atoms with Crippen LogP contribution >= 0.6 is 0 Å². The minimum absolute atomic E-state index is 0.0501. The second-order valence-electron chi connectivity index (χ2n) is 12.9. The number of sulfonamides is 1. The van der Waals surface area contributed by atoms with Gasteiger partial charge in [0.1, 0.15) is 5.58 Å². The SMILES string of the molecule is CCOC(=O)c1oc2ccc(S(=O)(=O)N(CCc3ccccc3)c3ccc(N4CCN(C(=O)CC(C)(C)C)CC4)cc3)cc2c1C. The Morgan fingerprint density at radius 3 is 2.24 bits per heavy atom. The third-order valence-electron chi connectivity index (χ3n) is 8.22. The Balaban J connectivity index is 1.40. The second-order valence-corrected chi connectivity index (χ2v) is 14.7. The molecule has 1 aliphatic heterocycles. The Morgan fingerprint density at radius 2 is 1.61 bits per heavy atom. The van der Waals surface area contributed by atoms with Gasteiger partial charge in [-0.05, 0) is 73.7 Å². The van der Waals surface area contributed by atoms with E-state index in [1.54, 1.807) is 26.0 Å². The fraction of sp³-hybridized carbons (Fsp3) is 0.389. The zero-order valence-corrected chi connectivity index (χ0v) is 28.1. The lowest BCUT2D eigenvalue weighted by Gasteiger charge is -2.37. The quantitative estimate of drug-likeness (QED) is 0.183. The third-order valence-corrected chi connectivity index (χ3v) is 10.0. The van der Waals surface area contributed by atoms with E-state index in [9.17, 15) is 18.0 Å². The molecule has 1 aliphatic rings. The molecule has 5 rings (SSSR count). The van der Waals surface area contributed by atoms with Crippen molar-refractivity contribution in [3.05, 3.63) is 89.7 Å². The number of piperazine rings is 1. The zero-order valence-electron chi connectivity index (χ0n) is 27.3. The molecular weight excluding hydrogens is 602 g/mol. The number of fused-ring (bicyclic) bond motifs is 1. The summed E-state index contributed by atoms with van der Waals surface area (Å²) in [5, 5.41) is 0.544. The number of hydrogen-bond donors (Lipinski definition) is 0. The number of esters is 1. The fourth-order valence-electron chi connectivity index (χ4n) is 5.75. The molecule has 4 aromatic rings. The van der Waals surface area contributed by atoms with Crippen LogP contribution in [-0.4, -0.2) is 64.5 Å². The van der Waals surface area contributed by atoms with Crippen LogP contribution in [0.3, 0.4) is 0 Å². The van der Waals surface area contributed by atoms with E-state index < -0.39 is 16.0 Å². The number of rotatable bonds is 10. The van der Waals surface area contributed by atoms with Crippen molar-refractivity contribution in [3.63, 3.8) is 0 Å². The lowest BCUT2D eigenvalue weighted by molar-refractivity contribution is -0.133. The molecule has 9 nitrogen and oxygen atoms in total. The van der Waals surface area contributed by atoms with Gasteiger partial charge in [0.25, 0.3) is 10.0 Å². The van der Waals surface area contributed by atoms with E-state index in [-0.39, 0.29) is 35.1 Å². The summed E-state index contributed by atoms with van der Waals surface area (Å²) >= 11 is 0. The highest BCUT2D eigenvalue weighted by atomic mass is 32.2. The van der Waals surface area contributed by atoms with Crippen molar-refractivity contribution in [2.45, 2.75) is 52.4 Å². The van der Waals surface area contributed by atoms with Crippen LogP contribution in [0.4, 0.5) is 11.4 Å². The number of carbonyl (C=O) groups excluding carboxylic acids is 2. The first kappa shape index (κ1) is 33.1. The normalized spacial score (nSPS) is 14.0. The molecule has 244 valence electrons. The van der Waals surface area contributed by atoms with Crippen LogP contribution in [0.25, 0.3) is 11.0 Å². The van der Waals surface area contributed by atoms with Crippen molar-refractivity contribution < 1.29 is 27.2 Å². The molecule has 0 saturated carbocycles. The van der Waals surface area contributed by atoms with Crippen LogP contribution in [0.2, 0.25) is 0 Å². The number of carbonyl (C=O) groups is 2. The monoisotopic (exact) mass is 645 g/mol. The average Bonchev–Trinajstić information content (AvgIpc) is 3.37. The topological polar surface area (TPSA) is 100 Å². The first-order chi connectivity index (χ1) is 21.9. The minimum atomic E-state index is -4.01. The standard InChI is InChI=1S/C36H43N3O6S/c1-6-44-35(41)34-26(2)31-24-30(16-17-32(31)45-34)46(42,43)39(19-18-27-10-8-7-9-11-27)29-14-12-28(13-15-29)37-20-22-38(23-21-37)33(40)25-36(3,4)5/h7-17,24H,6,18-23,25H2,1-5H3. The van der Waals surface area contributed by atoms with Gasteiger partial charge in [-0.3, -0.25) is 9.10 Å². The van der Waals surface area contributed by atoms with E-state index in [1.165, 1.54) is 10.4 Å². The molecule has 2 heterocycles. The molecule has 0 atom stereocenters. The maximum absolute atomic E-state index is 14.3. The predicted octanol–water partition coefficient (Wildman–Crippen LogP) is 6.44. The van der Waals surface area contributed by atoms with Crippen LogP contribution in [0, 0.1) is 12.3 Å². The molecule has 1 amide bonds. The molecule has 3 aromatic carbocycles. The number of benzene rings is 3. The molecule has 0 N–H and O–H groups in total.